The zero-order chi connectivity index (χ0) is 29.9. The maximum atomic E-state index is 12.8. The van der Waals surface area contributed by atoms with Gasteiger partial charge in [-0.3, -0.25) is 4.79 Å². The van der Waals surface area contributed by atoms with Gasteiger partial charge in [-0.25, -0.2) is 4.79 Å². The lowest BCUT2D eigenvalue weighted by molar-refractivity contribution is -0.666. The van der Waals surface area contributed by atoms with Crippen molar-refractivity contribution in [1.82, 2.24) is 4.57 Å². The number of hydrogen-bond donors (Lipinski definition) is 0. The first-order valence-electron chi connectivity index (χ1n) is 15.1. The van der Waals surface area contributed by atoms with Crippen molar-refractivity contribution in [1.29, 1.82) is 0 Å². The maximum absolute atomic E-state index is 12.8. The number of aromatic nitrogens is 2. The third-order valence-corrected chi connectivity index (χ3v) is 7.45. The molecule has 3 aromatic carbocycles. The Hall–Kier alpha value is -4.65. The molecule has 7 nitrogen and oxygen atoms in total. The van der Waals surface area contributed by atoms with E-state index in [-0.39, 0.29) is 31.6 Å². The Morgan fingerprint density at radius 1 is 0.814 bits per heavy atom. The molecule has 0 N–H and O–H groups in total. The predicted molar refractivity (Wildman–Crippen MR) is 168 cm³/mol. The Bertz CT molecular complexity index is 1680. The number of esters is 2. The van der Waals surface area contributed by atoms with Gasteiger partial charge in [0.15, 0.2) is 0 Å². The van der Waals surface area contributed by atoms with Gasteiger partial charge in [0.2, 0.25) is 12.1 Å². The molecular formula is C36H39N2O5+. The van der Waals surface area contributed by atoms with Crippen molar-refractivity contribution in [2.24, 2.45) is 0 Å². The van der Waals surface area contributed by atoms with E-state index >= 15 is 0 Å². The molecule has 5 rings (SSSR count). The zero-order valence-corrected chi connectivity index (χ0v) is 24.7. The first-order chi connectivity index (χ1) is 21.1. The molecule has 0 bridgehead atoms. The van der Waals surface area contributed by atoms with E-state index < -0.39 is 0 Å². The predicted octanol–water partition coefficient (Wildman–Crippen LogP) is 7.49. The van der Waals surface area contributed by atoms with Crippen LogP contribution >= 0.6 is 0 Å². The highest BCUT2D eigenvalue weighted by Gasteiger charge is 2.24. The minimum atomic E-state index is -0.355. The number of unbranched alkanes of at least 4 members (excludes halogenated alkanes) is 5. The molecule has 0 aliphatic heterocycles. The highest BCUT2D eigenvalue weighted by molar-refractivity contribution is 5.92. The minimum Gasteiger partial charge on any atom is -0.464 e. The number of hydrogen-bond acceptors (Lipinski definition) is 5. The van der Waals surface area contributed by atoms with Gasteiger partial charge in [0, 0.05) is 28.7 Å². The fourth-order valence-corrected chi connectivity index (χ4v) is 5.21. The average molecular weight is 580 g/mol. The smallest absolute Gasteiger partial charge is 0.374 e. The molecule has 7 heteroatoms. The summed E-state index contributed by atoms with van der Waals surface area (Å²) in [5, 5.41) is 1.01. The third-order valence-electron chi connectivity index (χ3n) is 7.45. The molecule has 0 atom stereocenters. The summed E-state index contributed by atoms with van der Waals surface area (Å²) in [4.78, 5) is 25.5. The lowest BCUT2D eigenvalue weighted by Crippen LogP contribution is -2.40. The summed E-state index contributed by atoms with van der Waals surface area (Å²) in [5.74, 6) is -0.0758. The second-order valence-electron chi connectivity index (χ2n) is 10.7. The Labute approximate surface area is 252 Å². The number of fused-ring (bicyclic) bond motifs is 2. The quantitative estimate of drug-likeness (QED) is 0.0730. The highest BCUT2D eigenvalue weighted by atomic mass is 16.5. The third kappa shape index (κ3) is 8.01. The van der Waals surface area contributed by atoms with E-state index in [4.69, 9.17) is 13.9 Å². The van der Waals surface area contributed by atoms with Gasteiger partial charge in [0.1, 0.15) is 13.2 Å². The summed E-state index contributed by atoms with van der Waals surface area (Å²) in [6.45, 7) is 3.02. The molecular weight excluding hydrogens is 540 g/mol. The van der Waals surface area contributed by atoms with Crippen LogP contribution in [-0.2, 0) is 38.8 Å². The molecule has 2 heterocycles. The topological polar surface area (TPSA) is 74.6 Å². The Kier molecular flexibility index (Phi) is 10.4. The molecule has 5 aromatic rings. The van der Waals surface area contributed by atoms with Crippen molar-refractivity contribution >= 4 is 46.1 Å². The van der Waals surface area contributed by atoms with Gasteiger partial charge in [-0.1, -0.05) is 99.7 Å². The van der Waals surface area contributed by atoms with Gasteiger partial charge in [0.05, 0.1) is 12.7 Å². The van der Waals surface area contributed by atoms with Crippen LogP contribution in [0.3, 0.4) is 0 Å². The summed E-state index contributed by atoms with van der Waals surface area (Å²) in [7, 11) is 0. The van der Waals surface area contributed by atoms with Gasteiger partial charge in [-0.2, -0.15) is 0 Å². The largest absolute Gasteiger partial charge is 0.464 e. The molecule has 0 spiro atoms. The van der Waals surface area contributed by atoms with Crippen molar-refractivity contribution in [2.75, 3.05) is 6.61 Å². The lowest BCUT2D eigenvalue weighted by Gasteiger charge is -2.07. The molecule has 0 unspecified atom stereocenters. The van der Waals surface area contributed by atoms with Crippen molar-refractivity contribution in [3.05, 3.63) is 102 Å². The average Bonchev–Trinajstić information content (AvgIpc) is 3.56. The molecule has 43 heavy (non-hydrogen) atoms. The Morgan fingerprint density at radius 2 is 1.56 bits per heavy atom. The monoisotopic (exact) mass is 579 g/mol. The van der Waals surface area contributed by atoms with Crippen LogP contribution in [0.15, 0.2) is 89.5 Å². The summed E-state index contributed by atoms with van der Waals surface area (Å²) in [6.07, 6.45) is 12.6. The number of carbonyl (C=O) groups is 2. The molecule has 0 radical (unpaired) electrons. The first-order valence-corrected chi connectivity index (χ1v) is 15.1. The van der Waals surface area contributed by atoms with Crippen molar-refractivity contribution in [3.63, 3.8) is 0 Å². The molecule has 0 aliphatic rings. The van der Waals surface area contributed by atoms with Gasteiger partial charge in [-0.05, 0) is 30.2 Å². The fraction of sp³-hybridized carbons (Fsp3) is 0.306. The standard InChI is InChI=1S/C36H39N2O5/c1-2-3-4-5-6-14-23-41-35(39)25-37-24-29(30-17-10-11-18-31(30)37)21-22-34-38(32-19-12-13-20-33(32)43-34)26-36(40)42-27-28-15-8-7-9-16-28/h7-13,15-22,24H,2-6,14,23,25-27H2,1H3/q+1. The van der Waals surface area contributed by atoms with Crippen molar-refractivity contribution in [2.45, 2.75) is 65.1 Å². The van der Waals surface area contributed by atoms with Crippen LogP contribution in [0.5, 0.6) is 0 Å². The maximum Gasteiger partial charge on any atom is 0.374 e. The van der Waals surface area contributed by atoms with Gasteiger partial charge in [0.25, 0.3) is 5.52 Å². The van der Waals surface area contributed by atoms with E-state index in [1.54, 1.807) is 0 Å². The number of oxazole rings is 1. The van der Waals surface area contributed by atoms with Crippen LogP contribution in [0.4, 0.5) is 0 Å². The van der Waals surface area contributed by atoms with Crippen LogP contribution < -0.4 is 4.57 Å². The number of benzene rings is 3. The van der Waals surface area contributed by atoms with Gasteiger partial charge < -0.3 is 18.5 Å². The summed E-state index contributed by atoms with van der Waals surface area (Å²) >= 11 is 0. The SMILES string of the molecule is CCCCCCCCOC(=O)Cn1cc(C=Cc2oc3ccccc3[n+]2CC(=O)OCc2ccccc2)c2ccccc21. The van der Waals surface area contributed by atoms with E-state index in [1.807, 2.05) is 106 Å². The van der Waals surface area contributed by atoms with E-state index in [0.29, 0.717) is 18.1 Å². The molecule has 0 saturated carbocycles. The van der Waals surface area contributed by atoms with Gasteiger partial charge in [-0.15, -0.1) is 4.57 Å². The summed E-state index contributed by atoms with van der Waals surface area (Å²) < 4.78 is 21.0. The fourth-order valence-electron chi connectivity index (χ4n) is 5.21. The Balaban J connectivity index is 1.29. The molecule has 0 amide bonds. The summed E-state index contributed by atoms with van der Waals surface area (Å²) in [5.41, 5.74) is 4.28. The van der Waals surface area contributed by atoms with Crippen LogP contribution in [-0.4, -0.2) is 23.1 Å². The van der Waals surface area contributed by atoms with Crippen LogP contribution in [0.25, 0.3) is 34.2 Å². The first kappa shape index (κ1) is 29.8. The van der Waals surface area contributed by atoms with Crippen molar-refractivity contribution < 1.29 is 28.0 Å². The zero-order valence-electron chi connectivity index (χ0n) is 24.7. The van der Waals surface area contributed by atoms with Crippen molar-refractivity contribution in [3.8, 4) is 0 Å². The minimum absolute atomic E-state index is 0.00965. The van der Waals surface area contributed by atoms with E-state index in [2.05, 4.69) is 6.92 Å². The van der Waals surface area contributed by atoms with Gasteiger partial charge >= 0.3 is 17.8 Å². The van der Waals surface area contributed by atoms with E-state index in [1.165, 1.54) is 25.7 Å². The molecule has 2 aromatic heterocycles. The lowest BCUT2D eigenvalue weighted by atomic mass is 10.1. The number of rotatable bonds is 15. The second kappa shape index (κ2) is 15.0. The molecule has 0 saturated heterocycles. The number of ether oxygens (including phenoxy) is 2. The number of para-hydroxylation sites is 3. The summed E-state index contributed by atoms with van der Waals surface area (Å²) in [6, 6.07) is 25.2. The number of nitrogens with zero attached hydrogens (tertiary/aromatic N) is 2. The van der Waals surface area contributed by atoms with E-state index in [0.717, 1.165) is 40.4 Å². The molecule has 0 aliphatic carbocycles. The number of carbonyl (C=O) groups excluding carboxylic acids is 2. The van der Waals surface area contributed by atoms with E-state index in [9.17, 15) is 9.59 Å². The normalized spacial score (nSPS) is 11.5. The second-order valence-corrected chi connectivity index (χ2v) is 10.7. The Morgan fingerprint density at radius 3 is 2.42 bits per heavy atom. The van der Waals surface area contributed by atoms with Crippen LogP contribution in [0, 0.1) is 0 Å². The van der Waals surface area contributed by atoms with Crippen LogP contribution in [0.1, 0.15) is 62.5 Å². The van der Waals surface area contributed by atoms with Crippen LogP contribution in [0.2, 0.25) is 0 Å². The molecule has 222 valence electrons. The highest BCUT2D eigenvalue weighted by Crippen LogP contribution is 2.24. The molecule has 0 fully saturated rings.